The number of benzene rings is 4. The highest BCUT2D eigenvalue weighted by Crippen LogP contribution is 2.22. The number of carbonyl (C=O) groups excluding carboxylic acids is 2. The summed E-state index contributed by atoms with van der Waals surface area (Å²) in [5, 5.41) is 0. The number of esters is 1. The Morgan fingerprint density at radius 1 is 0.531 bits per heavy atom. The molecule has 0 atom stereocenters. The van der Waals surface area contributed by atoms with Crippen LogP contribution in [0.25, 0.3) is 22.3 Å². The molecule has 32 heavy (non-hydrogen) atoms. The van der Waals surface area contributed by atoms with Crippen LogP contribution in [0.15, 0.2) is 109 Å². The van der Waals surface area contributed by atoms with E-state index < -0.39 is 5.97 Å². The zero-order valence-corrected chi connectivity index (χ0v) is 17.4. The van der Waals surface area contributed by atoms with E-state index in [2.05, 4.69) is 0 Å². The number of hydrogen-bond donors (Lipinski definition) is 0. The molecular formula is C28H22O4. The fourth-order valence-corrected chi connectivity index (χ4v) is 3.27. The number of ether oxygens (including phenoxy) is 2. The predicted octanol–water partition coefficient (Wildman–Crippen LogP) is 5.83. The molecule has 0 bridgehead atoms. The molecule has 0 radical (unpaired) electrons. The van der Waals surface area contributed by atoms with Crippen molar-refractivity contribution in [2.75, 3.05) is 13.2 Å². The van der Waals surface area contributed by atoms with Crippen molar-refractivity contribution in [3.63, 3.8) is 0 Å². The number of ketones is 1. The Morgan fingerprint density at radius 2 is 1.00 bits per heavy atom. The van der Waals surface area contributed by atoms with Crippen molar-refractivity contribution in [3.8, 4) is 28.0 Å². The Bertz CT molecular complexity index is 1170. The minimum absolute atomic E-state index is 0.259. The first-order chi connectivity index (χ1) is 15.7. The van der Waals surface area contributed by atoms with Crippen LogP contribution in [-0.2, 0) is 9.53 Å². The van der Waals surface area contributed by atoms with Crippen molar-refractivity contribution in [2.24, 2.45) is 0 Å². The van der Waals surface area contributed by atoms with Gasteiger partial charge in [0.2, 0.25) is 0 Å². The third-order valence-corrected chi connectivity index (χ3v) is 5.00. The van der Waals surface area contributed by atoms with Crippen LogP contribution in [0.5, 0.6) is 5.75 Å². The van der Waals surface area contributed by atoms with E-state index in [0.29, 0.717) is 11.3 Å². The van der Waals surface area contributed by atoms with Crippen LogP contribution in [0.4, 0.5) is 0 Å². The van der Waals surface area contributed by atoms with E-state index in [1.54, 1.807) is 24.3 Å². The molecule has 4 aromatic carbocycles. The Balaban J connectivity index is 1.24. The van der Waals surface area contributed by atoms with E-state index in [-0.39, 0.29) is 19.0 Å². The quantitative estimate of drug-likeness (QED) is 0.265. The van der Waals surface area contributed by atoms with E-state index in [0.717, 1.165) is 22.3 Å². The van der Waals surface area contributed by atoms with Gasteiger partial charge in [0.1, 0.15) is 5.75 Å². The van der Waals surface area contributed by atoms with Gasteiger partial charge in [-0.05, 0) is 34.4 Å². The summed E-state index contributed by atoms with van der Waals surface area (Å²) in [5.74, 6) is -0.291. The standard InChI is InChI=1S/C28H22O4/c29-27(25-13-11-23(12-14-25)21-7-3-1-4-8-21)19-32-28(30)20-31-26-17-15-24(16-18-26)22-9-5-2-6-10-22/h1-18H,19-20H2. The van der Waals surface area contributed by atoms with Crippen molar-refractivity contribution in [3.05, 3.63) is 115 Å². The zero-order chi connectivity index (χ0) is 22.2. The van der Waals surface area contributed by atoms with E-state index in [4.69, 9.17) is 9.47 Å². The van der Waals surface area contributed by atoms with E-state index in [1.807, 2.05) is 84.9 Å². The molecule has 0 spiro atoms. The van der Waals surface area contributed by atoms with Crippen molar-refractivity contribution in [1.82, 2.24) is 0 Å². The second-order valence-electron chi connectivity index (χ2n) is 7.21. The molecule has 4 aromatic rings. The van der Waals surface area contributed by atoms with Gasteiger partial charge in [0.05, 0.1) is 0 Å². The summed E-state index contributed by atoms with van der Waals surface area (Å²) in [7, 11) is 0. The van der Waals surface area contributed by atoms with Crippen LogP contribution >= 0.6 is 0 Å². The lowest BCUT2D eigenvalue weighted by Crippen LogP contribution is -2.19. The molecule has 0 heterocycles. The topological polar surface area (TPSA) is 52.6 Å². The van der Waals surface area contributed by atoms with E-state index in [1.165, 1.54) is 0 Å². The third-order valence-electron chi connectivity index (χ3n) is 5.00. The van der Waals surface area contributed by atoms with Crippen molar-refractivity contribution in [2.45, 2.75) is 0 Å². The second kappa shape index (κ2) is 10.2. The summed E-state index contributed by atoms with van der Waals surface area (Å²) in [4.78, 5) is 24.3. The van der Waals surface area contributed by atoms with Gasteiger partial charge in [0.25, 0.3) is 0 Å². The van der Waals surface area contributed by atoms with E-state index in [9.17, 15) is 9.59 Å². The molecule has 0 aliphatic rings. The summed E-state index contributed by atoms with van der Waals surface area (Å²) < 4.78 is 10.5. The molecule has 0 aliphatic heterocycles. The third kappa shape index (κ3) is 5.49. The smallest absolute Gasteiger partial charge is 0.344 e. The Morgan fingerprint density at radius 3 is 1.53 bits per heavy atom. The van der Waals surface area contributed by atoms with Crippen LogP contribution in [0, 0.1) is 0 Å². The number of Topliss-reactive ketones (excluding diaryl/α,β-unsaturated/α-hetero) is 1. The molecule has 0 unspecified atom stereocenters. The Labute approximate surface area is 187 Å². The average Bonchev–Trinajstić information content (AvgIpc) is 2.87. The highest BCUT2D eigenvalue weighted by molar-refractivity contribution is 5.98. The minimum Gasteiger partial charge on any atom is -0.482 e. The van der Waals surface area contributed by atoms with Crippen LogP contribution in [-0.4, -0.2) is 25.0 Å². The van der Waals surface area contributed by atoms with Crippen LogP contribution < -0.4 is 4.74 Å². The first-order valence-corrected chi connectivity index (χ1v) is 10.3. The van der Waals surface area contributed by atoms with Gasteiger partial charge in [0, 0.05) is 5.56 Å². The molecule has 0 aromatic heterocycles. The van der Waals surface area contributed by atoms with Crippen molar-refractivity contribution >= 4 is 11.8 Å². The van der Waals surface area contributed by atoms with Crippen LogP contribution in [0.3, 0.4) is 0 Å². The molecule has 0 saturated carbocycles. The molecule has 0 N–H and O–H groups in total. The highest BCUT2D eigenvalue weighted by Gasteiger charge is 2.11. The largest absolute Gasteiger partial charge is 0.482 e. The van der Waals surface area contributed by atoms with Gasteiger partial charge in [-0.1, -0.05) is 97.1 Å². The molecule has 0 fully saturated rings. The van der Waals surface area contributed by atoms with Gasteiger partial charge < -0.3 is 9.47 Å². The molecule has 0 aliphatic carbocycles. The Hall–Kier alpha value is -4.18. The lowest BCUT2D eigenvalue weighted by Gasteiger charge is -2.08. The summed E-state index contributed by atoms with van der Waals surface area (Å²) in [5.41, 5.74) is 4.76. The maximum absolute atomic E-state index is 12.3. The van der Waals surface area contributed by atoms with Crippen molar-refractivity contribution < 1.29 is 19.1 Å². The SMILES string of the molecule is O=C(COc1ccc(-c2ccccc2)cc1)OCC(=O)c1ccc(-c2ccccc2)cc1. The highest BCUT2D eigenvalue weighted by atomic mass is 16.6. The summed E-state index contributed by atoms with van der Waals surface area (Å²) in [6.45, 7) is -0.579. The number of rotatable bonds is 8. The molecule has 0 saturated heterocycles. The molecular weight excluding hydrogens is 400 g/mol. The first kappa shape index (κ1) is 21.1. The lowest BCUT2D eigenvalue weighted by atomic mass is 10.0. The van der Waals surface area contributed by atoms with Gasteiger partial charge in [0.15, 0.2) is 19.0 Å². The van der Waals surface area contributed by atoms with Gasteiger partial charge in [-0.15, -0.1) is 0 Å². The lowest BCUT2D eigenvalue weighted by molar-refractivity contribution is -0.144. The van der Waals surface area contributed by atoms with Gasteiger partial charge in [-0.25, -0.2) is 4.79 Å². The van der Waals surface area contributed by atoms with Crippen molar-refractivity contribution in [1.29, 1.82) is 0 Å². The minimum atomic E-state index is -0.591. The molecule has 4 rings (SSSR count). The molecule has 4 nitrogen and oxygen atoms in total. The van der Waals surface area contributed by atoms with E-state index >= 15 is 0 Å². The maximum atomic E-state index is 12.3. The monoisotopic (exact) mass is 422 g/mol. The number of carbonyl (C=O) groups is 2. The first-order valence-electron chi connectivity index (χ1n) is 10.3. The normalized spacial score (nSPS) is 10.4. The summed E-state index contributed by atoms with van der Waals surface area (Å²) in [6.07, 6.45) is 0. The molecule has 4 heteroatoms. The Kier molecular flexibility index (Phi) is 6.73. The zero-order valence-electron chi connectivity index (χ0n) is 17.4. The molecule has 158 valence electrons. The predicted molar refractivity (Wildman–Crippen MR) is 125 cm³/mol. The van der Waals surface area contributed by atoms with Gasteiger partial charge in [-0.3, -0.25) is 4.79 Å². The molecule has 0 amide bonds. The fraction of sp³-hybridized carbons (Fsp3) is 0.0714. The second-order valence-corrected chi connectivity index (χ2v) is 7.21. The maximum Gasteiger partial charge on any atom is 0.344 e. The van der Waals surface area contributed by atoms with Crippen LogP contribution in [0.2, 0.25) is 0 Å². The van der Waals surface area contributed by atoms with Gasteiger partial charge >= 0.3 is 5.97 Å². The average molecular weight is 422 g/mol. The van der Waals surface area contributed by atoms with Gasteiger partial charge in [-0.2, -0.15) is 0 Å². The number of hydrogen-bond acceptors (Lipinski definition) is 4. The fourth-order valence-electron chi connectivity index (χ4n) is 3.27. The summed E-state index contributed by atoms with van der Waals surface area (Å²) in [6, 6.07) is 34.6. The van der Waals surface area contributed by atoms with Crippen LogP contribution in [0.1, 0.15) is 10.4 Å². The summed E-state index contributed by atoms with van der Waals surface area (Å²) >= 11 is 0.